The maximum Gasteiger partial charge on any atom is 0.175 e. The summed E-state index contributed by atoms with van der Waals surface area (Å²) in [6, 6.07) is 6.59. The quantitative estimate of drug-likeness (QED) is 0.466. The molecule has 0 radical (unpaired) electrons. The van der Waals surface area contributed by atoms with Crippen molar-refractivity contribution in [3.05, 3.63) is 29.8 Å². The van der Waals surface area contributed by atoms with E-state index in [1.165, 1.54) is 6.26 Å². The third-order valence-corrected chi connectivity index (χ3v) is 3.62. The van der Waals surface area contributed by atoms with Crippen molar-refractivity contribution < 1.29 is 8.42 Å². The Hall–Kier alpha value is -1.35. The monoisotopic (exact) mass is 252 g/mol. The lowest BCUT2D eigenvalue weighted by atomic mass is 10.0. The SMILES string of the molecule is C#CCCC(NN)c1ccc(S(C)(=O)=O)cc1. The van der Waals surface area contributed by atoms with Gasteiger partial charge in [0.05, 0.1) is 4.90 Å². The van der Waals surface area contributed by atoms with Crippen LogP contribution in [0.5, 0.6) is 0 Å². The van der Waals surface area contributed by atoms with Gasteiger partial charge in [-0.25, -0.2) is 8.42 Å². The second-order valence-corrected chi connectivity index (χ2v) is 5.82. The molecule has 0 aliphatic rings. The van der Waals surface area contributed by atoms with Crippen LogP contribution < -0.4 is 11.3 Å². The Bertz CT molecular complexity index is 500. The number of hydrogen-bond acceptors (Lipinski definition) is 4. The lowest BCUT2D eigenvalue weighted by Gasteiger charge is -2.15. The largest absolute Gasteiger partial charge is 0.271 e. The highest BCUT2D eigenvalue weighted by molar-refractivity contribution is 7.90. The molecule has 0 saturated carbocycles. The zero-order valence-electron chi connectivity index (χ0n) is 9.68. The van der Waals surface area contributed by atoms with Crippen molar-refractivity contribution in [3.8, 4) is 12.3 Å². The van der Waals surface area contributed by atoms with Crippen molar-refractivity contribution in [2.24, 2.45) is 5.84 Å². The fourth-order valence-electron chi connectivity index (χ4n) is 1.52. The molecular weight excluding hydrogens is 236 g/mol. The van der Waals surface area contributed by atoms with Crippen LogP contribution in [0.2, 0.25) is 0 Å². The van der Waals surface area contributed by atoms with Crippen molar-refractivity contribution in [2.45, 2.75) is 23.8 Å². The molecule has 92 valence electrons. The average Bonchev–Trinajstić information content (AvgIpc) is 2.29. The Balaban J connectivity index is 2.90. The molecule has 0 aromatic heterocycles. The molecule has 1 rings (SSSR count). The van der Waals surface area contributed by atoms with E-state index >= 15 is 0 Å². The van der Waals surface area contributed by atoms with E-state index in [1.54, 1.807) is 24.3 Å². The van der Waals surface area contributed by atoms with Gasteiger partial charge in [-0.2, -0.15) is 0 Å². The maximum absolute atomic E-state index is 11.3. The smallest absolute Gasteiger partial charge is 0.175 e. The molecule has 3 N–H and O–H groups in total. The second-order valence-electron chi connectivity index (χ2n) is 3.80. The number of terminal acetylenes is 1. The first kappa shape index (κ1) is 13.7. The third kappa shape index (κ3) is 3.86. The van der Waals surface area contributed by atoms with Crippen LogP contribution in [0.4, 0.5) is 0 Å². The highest BCUT2D eigenvalue weighted by Gasteiger charge is 2.11. The Kier molecular flexibility index (Phi) is 4.70. The van der Waals surface area contributed by atoms with Gasteiger partial charge in [0, 0.05) is 18.7 Å². The number of hydrogen-bond donors (Lipinski definition) is 2. The van der Waals surface area contributed by atoms with Crippen molar-refractivity contribution in [1.82, 2.24) is 5.43 Å². The van der Waals surface area contributed by atoms with Crippen LogP contribution in [0.3, 0.4) is 0 Å². The highest BCUT2D eigenvalue weighted by Crippen LogP contribution is 2.19. The highest BCUT2D eigenvalue weighted by atomic mass is 32.2. The van der Waals surface area contributed by atoms with Crippen molar-refractivity contribution in [2.75, 3.05) is 6.26 Å². The Labute approximate surface area is 102 Å². The fourth-order valence-corrected chi connectivity index (χ4v) is 2.15. The standard InChI is InChI=1S/C12H16N2O2S/c1-3-4-5-12(14-13)10-6-8-11(9-7-10)17(2,15)16/h1,6-9,12,14H,4-5,13H2,2H3. The first-order valence-electron chi connectivity index (χ1n) is 5.18. The minimum Gasteiger partial charge on any atom is -0.271 e. The van der Waals surface area contributed by atoms with E-state index in [1.807, 2.05) is 0 Å². The topological polar surface area (TPSA) is 72.2 Å². The summed E-state index contributed by atoms with van der Waals surface area (Å²) in [5.74, 6) is 7.98. The van der Waals surface area contributed by atoms with Crippen LogP contribution in [0.1, 0.15) is 24.4 Å². The molecule has 0 spiro atoms. The van der Waals surface area contributed by atoms with Gasteiger partial charge in [-0.15, -0.1) is 12.3 Å². The number of nitrogens with two attached hydrogens (primary N) is 1. The minimum atomic E-state index is -3.15. The summed E-state index contributed by atoms with van der Waals surface area (Å²) in [5, 5.41) is 0. The van der Waals surface area contributed by atoms with Gasteiger partial charge in [-0.05, 0) is 24.1 Å². The molecular formula is C12H16N2O2S. The molecule has 1 aromatic carbocycles. The van der Waals surface area contributed by atoms with Crippen molar-refractivity contribution in [1.29, 1.82) is 0 Å². The lowest BCUT2D eigenvalue weighted by molar-refractivity contribution is 0.523. The Morgan fingerprint density at radius 3 is 2.41 bits per heavy atom. The number of nitrogens with one attached hydrogen (secondary N) is 1. The van der Waals surface area contributed by atoms with E-state index in [0.29, 0.717) is 17.7 Å². The van der Waals surface area contributed by atoms with E-state index < -0.39 is 9.84 Å². The van der Waals surface area contributed by atoms with Crippen LogP contribution in [-0.2, 0) is 9.84 Å². The molecule has 0 aliphatic heterocycles. The van der Waals surface area contributed by atoms with Crippen molar-refractivity contribution in [3.63, 3.8) is 0 Å². The maximum atomic E-state index is 11.3. The van der Waals surface area contributed by atoms with Gasteiger partial charge >= 0.3 is 0 Å². The fraction of sp³-hybridized carbons (Fsp3) is 0.333. The van der Waals surface area contributed by atoms with E-state index in [-0.39, 0.29) is 6.04 Å². The predicted octanol–water partition coefficient (Wildman–Crippen LogP) is 1.01. The van der Waals surface area contributed by atoms with E-state index in [2.05, 4.69) is 11.3 Å². The molecule has 0 aliphatic carbocycles. The molecule has 5 heteroatoms. The zero-order chi connectivity index (χ0) is 12.9. The van der Waals surface area contributed by atoms with E-state index in [4.69, 9.17) is 12.3 Å². The third-order valence-electron chi connectivity index (χ3n) is 2.49. The van der Waals surface area contributed by atoms with Gasteiger partial charge < -0.3 is 0 Å². The van der Waals surface area contributed by atoms with Crippen LogP contribution >= 0.6 is 0 Å². The molecule has 17 heavy (non-hydrogen) atoms. The second kappa shape index (κ2) is 5.82. The zero-order valence-corrected chi connectivity index (χ0v) is 10.5. The van der Waals surface area contributed by atoms with Gasteiger partial charge in [0.1, 0.15) is 0 Å². The molecule has 0 bridgehead atoms. The number of sulfone groups is 1. The summed E-state index contributed by atoms with van der Waals surface area (Å²) < 4.78 is 22.6. The first-order valence-corrected chi connectivity index (χ1v) is 7.07. The summed E-state index contributed by atoms with van der Waals surface area (Å²) in [6.07, 6.45) is 7.70. The van der Waals surface area contributed by atoms with Gasteiger partial charge in [-0.1, -0.05) is 12.1 Å². The number of rotatable bonds is 5. The van der Waals surface area contributed by atoms with Crippen LogP contribution in [0.25, 0.3) is 0 Å². The van der Waals surface area contributed by atoms with Crippen molar-refractivity contribution >= 4 is 9.84 Å². The Morgan fingerprint density at radius 2 is 2.00 bits per heavy atom. The minimum absolute atomic E-state index is 0.0559. The normalized spacial score (nSPS) is 13.0. The summed E-state index contributed by atoms with van der Waals surface area (Å²) in [4.78, 5) is 0.300. The van der Waals surface area contributed by atoms with Gasteiger partial charge in [0.15, 0.2) is 9.84 Å². The summed E-state index contributed by atoms with van der Waals surface area (Å²) in [7, 11) is -3.15. The lowest BCUT2D eigenvalue weighted by Crippen LogP contribution is -2.27. The summed E-state index contributed by atoms with van der Waals surface area (Å²) >= 11 is 0. The molecule has 1 aromatic rings. The predicted molar refractivity (Wildman–Crippen MR) is 67.7 cm³/mol. The van der Waals surface area contributed by atoms with Gasteiger partial charge in [-0.3, -0.25) is 11.3 Å². The van der Waals surface area contributed by atoms with Crippen LogP contribution in [0.15, 0.2) is 29.2 Å². The molecule has 0 fully saturated rings. The summed E-state index contributed by atoms with van der Waals surface area (Å²) in [6.45, 7) is 0. The van der Waals surface area contributed by atoms with Gasteiger partial charge in [0.2, 0.25) is 0 Å². The van der Waals surface area contributed by atoms with Gasteiger partial charge in [0.25, 0.3) is 0 Å². The Morgan fingerprint density at radius 1 is 1.41 bits per heavy atom. The number of benzene rings is 1. The van der Waals surface area contributed by atoms with Crippen LogP contribution in [-0.4, -0.2) is 14.7 Å². The van der Waals surface area contributed by atoms with E-state index in [9.17, 15) is 8.42 Å². The van der Waals surface area contributed by atoms with E-state index in [0.717, 1.165) is 5.56 Å². The first-order chi connectivity index (χ1) is 7.99. The number of hydrazine groups is 1. The van der Waals surface area contributed by atoms with Crippen LogP contribution in [0, 0.1) is 12.3 Å². The molecule has 0 saturated heterocycles. The average molecular weight is 252 g/mol. The molecule has 1 unspecified atom stereocenters. The molecule has 4 nitrogen and oxygen atoms in total. The molecule has 0 amide bonds. The molecule has 1 atom stereocenters. The molecule has 0 heterocycles. The summed E-state index contributed by atoms with van der Waals surface area (Å²) in [5.41, 5.74) is 3.59.